The van der Waals surface area contributed by atoms with E-state index in [4.69, 9.17) is 9.05 Å². The van der Waals surface area contributed by atoms with Crippen LogP contribution in [0.15, 0.2) is 24.3 Å². The van der Waals surface area contributed by atoms with Crippen molar-refractivity contribution in [2.24, 2.45) is 0 Å². The molecule has 7 heteroatoms. The number of hydrogen-bond acceptors (Lipinski definition) is 6. The Balaban J connectivity index is 3.30. The first kappa shape index (κ1) is 17.7. The molecular formula is C13H23N2O3PS. The van der Waals surface area contributed by atoms with Gasteiger partial charge in [0.05, 0.1) is 13.2 Å². The Morgan fingerprint density at radius 3 is 2.10 bits per heavy atom. The number of benzene rings is 1. The first-order valence-corrected chi connectivity index (χ1v) is 8.55. The highest BCUT2D eigenvalue weighted by molar-refractivity contribution is 7.78. The van der Waals surface area contributed by atoms with Gasteiger partial charge in [0.2, 0.25) is 0 Å². The molecule has 1 rings (SSSR count). The molecule has 0 bridgehead atoms. The predicted molar refractivity (Wildman–Crippen MR) is 84.6 cm³/mol. The molecule has 20 heavy (non-hydrogen) atoms. The van der Waals surface area contributed by atoms with E-state index in [0.717, 1.165) is 11.1 Å². The van der Waals surface area contributed by atoms with Gasteiger partial charge in [-0.1, -0.05) is 42.6 Å². The maximum absolute atomic E-state index is 13.1. The van der Waals surface area contributed by atoms with E-state index in [1.807, 2.05) is 31.2 Å². The van der Waals surface area contributed by atoms with Gasteiger partial charge >= 0.3 is 7.60 Å². The van der Waals surface area contributed by atoms with Crippen LogP contribution in [0, 0.1) is 6.92 Å². The van der Waals surface area contributed by atoms with E-state index < -0.39 is 12.9 Å². The Hall–Kier alpha value is -0.360. The van der Waals surface area contributed by atoms with Crippen molar-refractivity contribution in [3.8, 4) is 0 Å². The first-order chi connectivity index (χ1) is 9.43. The zero-order chi connectivity index (χ0) is 15.2. The normalized spacial score (nSPS) is 15.1. The van der Waals surface area contributed by atoms with Gasteiger partial charge in [0.15, 0.2) is 5.28 Å². The number of hydrazine groups is 1. The highest BCUT2D eigenvalue weighted by atomic mass is 32.1. The lowest BCUT2D eigenvalue weighted by atomic mass is 10.1. The van der Waals surface area contributed by atoms with E-state index in [-0.39, 0.29) is 0 Å². The van der Waals surface area contributed by atoms with Gasteiger partial charge in [-0.05, 0) is 33.3 Å². The average Bonchev–Trinajstić information content (AvgIpc) is 2.40. The van der Waals surface area contributed by atoms with E-state index >= 15 is 0 Å². The smallest absolute Gasteiger partial charge is 0.307 e. The van der Waals surface area contributed by atoms with E-state index in [9.17, 15) is 4.57 Å². The predicted octanol–water partition coefficient (Wildman–Crippen LogP) is 3.37. The molecule has 0 aliphatic rings. The minimum Gasteiger partial charge on any atom is -0.307 e. The average molecular weight is 318 g/mol. The van der Waals surface area contributed by atoms with Gasteiger partial charge in [-0.2, -0.15) is 0 Å². The SMILES string of the molecule is CCOP(=O)(OCC)[C@@](C)(NNS)c1ccc(C)cc1. The summed E-state index contributed by atoms with van der Waals surface area (Å²) < 4.78 is 24.1. The third-order valence-electron chi connectivity index (χ3n) is 3.06. The van der Waals surface area contributed by atoms with E-state index in [1.54, 1.807) is 20.8 Å². The molecule has 114 valence electrons. The second-order valence-electron chi connectivity index (χ2n) is 4.51. The molecule has 0 aromatic heterocycles. The molecule has 0 aliphatic heterocycles. The van der Waals surface area contributed by atoms with Gasteiger partial charge in [0.25, 0.3) is 0 Å². The minimum atomic E-state index is -3.42. The molecule has 0 spiro atoms. The lowest BCUT2D eigenvalue weighted by Gasteiger charge is -2.36. The van der Waals surface area contributed by atoms with E-state index in [1.165, 1.54) is 0 Å². The number of nitrogens with one attached hydrogen (secondary N) is 2. The van der Waals surface area contributed by atoms with Crippen molar-refractivity contribution in [3.05, 3.63) is 35.4 Å². The van der Waals surface area contributed by atoms with Crippen molar-refractivity contribution in [3.63, 3.8) is 0 Å². The fourth-order valence-corrected chi connectivity index (χ4v) is 4.16. The quantitative estimate of drug-likeness (QED) is 0.390. The van der Waals surface area contributed by atoms with Gasteiger partial charge in [0.1, 0.15) is 0 Å². The van der Waals surface area contributed by atoms with Crippen LogP contribution in [0.2, 0.25) is 0 Å². The van der Waals surface area contributed by atoms with Gasteiger partial charge in [-0.15, -0.1) is 0 Å². The summed E-state index contributed by atoms with van der Waals surface area (Å²) in [6, 6.07) is 7.71. The molecule has 0 amide bonds. The number of hydrogen-bond donors (Lipinski definition) is 3. The van der Waals surface area contributed by atoms with Gasteiger partial charge in [-0.25, -0.2) is 10.3 Å². The minimum absolute atomic E-state index is 0.299. The molecule has 1 atom stereocenters. The van der Waals surface area contributed by atoms with Crippen LogP contribution >= 0.6 is 20.4 Å². The van der Waals surface area contributed by atoms with Gasteiger partial charge in [-0.3, -0.25) is 4.57 Å². The summed E-state index contributed by atoms with van der Waals surface area (Å²) in [7, 11) is -3.42. The van der Waals surface area contributed by atoms with Crippen molar-refractivity contribution in [1.29, 1.82) is 0 Å². The summed E-state index contributed by atoms with van der Waals surface area (Å²) in [5.41, 5.74) is 4.83. The molecule has 1 aromatic carbocycles. The summed E-state index contributed by atoms with van der Waals surface area (Å²) in [4.78, 5) is 2.56. The van der Waals surface area contributed by atoms with Crippen LogP contribution < -0.4 is 10.3 Å². The Morgan fingerprint density at radius 2 is 1.70 bits per heavy atom. The third-order valence-corrected chi connectivity index (χ3v) is 5.83. The zero-order valence-corrected chi connectivity index (χ0v) is 14.1. The van der Waals surface area contributed by atoms with Crippen LogP contribution in [-0.2, 0) is 18.9 Å². The molecule has 0 aliphatic carbocycles. The lowest BCUT2D eigenvalue weighted by Crippen LogP contribution is -2.45. The molecule has 2 N–H and O–H groups in total. The topological polar surface area (TPSA) is 59.6 Å². The Labute approximate surface area is 126 Å². The van der Waals surface area contributed by atoms with Crippen molar-refractivity contribution < 1.29 is 13.6 Å². The van der Waals surface area contributed by atoms with Crippen molar-refractivity contribution >= 4 is 20.4 Å². The van der Waals surface area contributed by atoms with Crippen LogP contribution in [-0.4, -0.2) is 13.2 Å². The van der Waals surface area contributed by atoms with Crippen molar-refractivity contribution in [2.45, 2.75) is 33.0 Å². The summed E-state index contributed by atoms with van der Waals surface area (Å²) >= 11 is 3.96. The summed E-state index contributed by atoms with van der Waals surface area (Å²) in [5.74, 6) is 0. The number of rotatable bonds is 8. The molecule has 0 fully saturated rings. The van der Waals surface area contributed by atoms with E-state index in [2.05, 4.69) is 23.1 Å². The summed E-state index contributed by atoms with van der Waals surface area (Å²) in [5, 5.41) is -1.03. The highest BCUT2D eigenvalue weighted by Gasteiger charge is 2.48. The Morgan fingerprint density at radius 1 is 1.20 bits per heavy atom. The molecule has 1 aromatic rings. The third kappa shape index (κ3) is 3.64. The summed E-state index contributed by atoms with van der Waals surface area (Å²) in [6.45, 7) is 7.94. The van der Waals surface area contributed by atoms with Crippen LogP contribution in [0.4, 0.5) is 0 Å². The second-order valence-corrected chi connectivity index (χ2v) is 7.14. The zero-order valence-electron chi connectivity index (χ0n) is 12.3. The Kier molecular flexibility index (Phi) is 6.72. The molecule has 0 saturated heterocycles. The van der Waals surface area contributed by atoms with Crippen molar-refractivity contribution in [2.75, 3.05) is 13.2 Å². The molecule has 0 heterocycles. The first-order valence-electron chi connectivity index (χ1n) is 6.56. The maximum Gasteiger partial charge on any atom is 0.356 e. The van der Waals surface area contributed by atoms with Crippen molar-refractivity contribution in [1.82, 2.24) is 10.3 Å². The van der Waals surface area contributed by atoms with Crippen LogP contribution in [0.5, 0.6) is 0 Å². The van der Waals surface area contributed by atoms with Crippen LogP contribution in [0.25, 0.3) is 0 Å². The largest absolute Gasteiger partial charge is 0.356 e. The van der Waals surface area contributed by atoms with Crippen LogP contribution in [0.1, 0.15) is 31.9 Å². The molecule has 0 radical (unpaired) electrons. The monoisotopic (exact) mass is 318 g/mol. The summed E-state index contributed by atoms with van der Waals surface area (Å²) in [6.07, 6.45) is 0. The standard InChI is InChI=1S/C13H23N2O3PS/c1-5-17-19(16,18-6-2)13(4,14-15-20)12-9-7-11(3)8-10-12/h7-10,14-15,20H,5-6H2,1-4H3/t13-/m1/s1. The molecule has 5 nitrogen and oxygen atoms in total. The van der Waals surface area contributed by atoms with Gasteiger partial charge in [0, 0.05) is 0 Å². The van der Waals surface area contributed by atoms with Crippen LogP contribution in [0.3, 0.4) is 0 Å². The maximum atomic E-state index is 13.1. The molecule has 0 unspecified atom stereocenters. The molecule has 0 saturated carbocycles. The van der Waals surface area contributed by atoms with E-state index in [0.29, 0.717) is 13.2 Å². The number of aryl methyl sites for hydroxylation is 1. The second kappa shape index (κ2) is 7.59. The number of thiol groups is 1. The highest BCUT2D eigenvalue weighted by Crippen LogP contribution is 2.63. The Bertz CT molecular complexity index is 459. The fraction of sp³-hybridized carbons (Fsp3) is 0.538. The fourth-order valence-electron chi connectivity index (χ4n) is 1.92. The lowest BCUT2D eigenvalue weighted by molar-refractivity contribution is 0.188. The molecular weight excluding hydrogens is 295 g/mol. The van der Waals surface area contributed by atoms with Gasteiger partial charge < -0.3 is 9.05 Å².